The lowest BCUT2D eigenvalue weighted by Crippen LogP contribution is -2.50. The summed E-state index contributed by atoms with van der Waals surface area (Å²) in [6, 6.07) is 9.54. The van der Waals surface area contributed by atoms with Crippen LogP contribution in [0.4, 0.5) is 0 Å². The Hall–Kier alpha value is -2.04. The third kappa shape index (κ3) is 3.49. The number of ether oxygens (including phenoxy) is 1. The van der Waals surface area contributed by atoms with E-state index in [-0.39, 0.29) is 30.0 Å². The molecule has 0 atom stereocenters. The van der Waals surface area contributed by atoms with Crippen LogP contribution in [0.1, 0.15) is 38.5 Å². The van der Waals surface area contributed by atoms with Crippen molar-refractivity contribution in [1.29, 1.82) is 0 Å². The second kappa shape index (κ2) is 6.60. The molecule has 2 aliphatic rings. The third-order valence-corrected chi connectivity index (χ3v) is 5.28. The van der Waals surface area contributed by atoms with Crippen LogP contribution in [0.3, 0.4) is 0 Å². The molecule has 1 spiro atoms. The zero-order valence-corrected chi connectivity index (χ0v) is 13.6. The average molecular weight is 316 g/mol. The Balaban J connectivity index is 1.44. The van der Waals surface area contributed by atoms with E-state index in [1.54, 1.807) is 0 Å². The molecular formula is C18H24N2O3. The minimum Gasteiger partial charge on any atom is -0.484 e. The summed E-state index contributed by atoms with van der Waals surface area (Å²) in [6.07, 6.45) is 5.42. The van der Waals surface area contributed by atoms with Gasteiger partial charge in [-0.15, -0.1) is 0 Å². The van der Waals surface area contributed by atoms with Crippen LogP contribution in [-0.2, 0) is 9.59 Å². The lowest BCUT2D eigenvalue weighted by atomic mass is 9.78. The number of nitrogens with one attached hydrogen (secondary N) is 1. The first-order valence-corrected chi connectivity index (χ1v) is 8.33. The zero-order valence-electron chi connectivity index (χ0n) is 13.6. The van der Waals surface area contributed by atoms with Crippen molar-refractivity contribution in [1.82, 2.24) is 10.2 Å². The molecule has 5 heteroatoms. The Bertz CT molecular complexity index is 565. The van der Waals surface area contributed by atoms with E-state index in [4.69, 9.17) is 4.74 Å². The van der Waals surface area contributed by atoms with Gasteiger partial charge >= 0.3 is 0 Å². The number of likely N-dealkylation sites (tertiary alicyclic amines) is 1. The molecule has 124 valence electrons. The minimum absolute atomic E-state index is 0.0405. The monoisotopic (exact) mass is 316 g/mol. The first-order chi connectivity index (χ1) is 11.1. The summed E-state index contributed by atoms with van der Waals surface area (Å²) < 4.78 is 5.47. The number of carbonyl (C=O) groups excluding carboxylic acids is 2. The molecule has 0 aromatic heterocycles. The van der Waals surface area contributed by atoms with Crippen LogP contribution < -0.4 is 10.1 Å². The molecule has 1 aromatic rings. The van der Waals surface area contributed by atoms with Gasteiger partial charge in [-0.2, -0.15) is 0 Å². The third-order valence-electron chi connectivity index (χ3n) is 5.28. The normalized spacial score (nSPS) is 27.3. The highest BCUT2D eigenvalue weighted by Crippen LogP contribution is 2.41. The SMILES string of the molecule is CN1C(=O)CCC12CCC(NC(=O)COc1ccccc1)CC2. The van der Waals surface area contributed by atoms with Crippen molar-refractivity contribution in [2.75, 3.05) is 13.7 Å². The maximum Gasteiger partial charge on any atom is 0.258 e. The molecule has 3 rings (SSSR count). The van der Waals surface area contributed by atoms with Crippen molar-refractivity contribution in [3.05, 3.63) is 30.3 Å². The first kappa shape index (κ1) is 15.8. The van der Waals surface area contributed by atoms with Gasteiger partial charge in [0.15, 0.2) is 6.61 Å². The quantitative estimate of drug-likeness (QED) is 0.925. The van der Waals surface area contributed by atoms with E-state index in [1.807, 2.05) is 42.3 Å². The fourth-order valence-corrected chi connectivity index (χ4v) is 3.76. The topological polar surface area (TPSA) is 58.6 Å². The molecule has 1 aliphatic carbocycles. The summed E-state index contributed by atoms with van der Waals surface area (Å²) in [5.74, 6) is 0.880. The fraction of sp³-hybridized carbons (Fsp3) is 0.556. The largest absolute Gasteiger partial charge is 0.484 e. The van der Waals surface area contributed by atoms with Crippen LogP contribution in [0.2, 0.25) is 0 Å². The van der Waals surface area contributed by atoms with E-state index in [1.165, 1.54) is 0 Å². The van der Waals surface area contributed by atoms with Gasteiger partial charge in [0.1, 0.15) is 5.75 Å². The lowest BCUT2D eigenvalue weighted by Gasteiger charge is -2.42. The molecule has 1 saturated carbocycles. The lowest BCUT2D eigenvalue weighted by molar-refractivity contribution is -0.131. The summed E-state index contributed by atoms with van der Waals surface area (Å²) in [6.45, 7) is 0.0457. The summed E-state index contributed by atoms with van der Waals surface area (Å²) in [4.78, 5) is 25.7. The number of hydrogen-bond donors (Lipinski definition) is 1. The number of para-hydroxylation sites is 1. The van der Waals surface area contributed by atoms with Gasteiger partial charge in [0.25, 0.3) is 5.91 Å². The molecule has 1 aromatic carbocycles. The number of hydrogen-bond acceptors (Lipinski definition) is 3. The van der Waals surface area contributed by atoms with Crippen molar-refractivity contribution >= 4 is 11.8 Å². The number of rotatable bonds is 4. The number of amides is 2. The van der Waals surface area contributed by atoms with Crippen LogP contribution in [0.5, 0.6) is 5.75 Å². The minimum atomic E-state index is -0.0781. The van der Waals surface area contributed by atoms with Gasteiger partial charge in [-0.05, 0) is 44.2 Å². The summed E-state index contributed by atoms with van der Waals surface area (Å²) in [7, 11) is 1.92. The van der Waals surface area contributed by atoms with Crippen LogP contribution in [0.25, 0.3) is 0 Å². The number of nitrogens with zero attached hydrogens (tertiary/aromatic N) is 1. The maximum absolute atomic E-state index is 12.0. The van der Waals surface area contributed by atoms with E-state index < -0.39 is 0 Å². The van der Waals surface area contributed by atoms with Crippen LogP contribution in [0, 0.1) is 0 Å². The molecule has 5 nitrogen and oxygen atoms in total. The van der Waals surface area contributed by atoms with Gasteiger partial charge < -0.3 is 15.0 Å². The van der Waals surface area contributed by atoms with Gasteiger partial charge in [-0.1, -0.05) is 18.2 Å². The Kier molecular flexibility index (Phi) is 4.55. The Labute approximate surface area is 137 Å². The van der Waals surface area contributed by atoms with Crippen molar-refractivity contribution in [2.45, 2.75) is 50.1 Å². The van der Waals surface area contributed by atoms with Gasteiger partial charge in [-0.3, -0.25) is 9.59 Å². The van der Waals surface area contributed by atoms with E-state index in [9.17, 15) is 9.59 Å². The molecule has 0 bridgehead atoms. The van der Waals surface area contributed by atoms with Crippen LogP contribution in [0.15, 0.2) is 30.3 Å². The standard InChI is InChI=1S/C18H24N2O3/c1-20-17(22)9-12-18(20)10-7-14(8-11-18)19-16(21)13-23-15-5-3-2-4-6-15/h2-6,14H,7-13H2,1H3,(H,19,21). The summed E-state index contributed by atoms with van der Waals surface area (Å²) in [5.41, 5.74) is 0.0405. The van der Waals surface area contributed by atoms with Crippen molar-refractivity contribution in [3.8, 4) is 5.75 Å². The predicted octanol–water partition coefficient (Wildman–Crippen LogP) is 2.12. The second-order valence-electron chi connectivity index (χ2n) is 6.62. The van der Waals surface area contributed by atoms with E-state index >= 15 is 0 Å². The highest BCUT2D eigenvalue weighted by Gasteiger charge is 2.45. The average Bonchev–Trinajstić information content (AvgIpc) is 2.85. The van der Waals surface area contributed by atoms with Gasteiger partial charge in [-0.25, -0.2) is 0 Å². The van der Waals surface area contributed by atoms with Crippen molar-refractivity contribution in [3.63, 3.8) is 0 Å². The molecule has 0 radical (unpaired) electrons. The van der Waals surface area contributed by atoms with Crippen molar-refractivity contribution in [2.24, 2.45) is 0 Å². The smallest absolute Gasteiger partial charge is 0.258 e. The van der Waals surface area contributed by atoms with Crippen LogP contribution in [-0.4, -0.2) is 41.9 Å². The Morgan fingerprint density at radius 3 is 2.57 bits per heavy atom. The molecule has 2 fully saturated rings. The van der Waals surface area contributed by atoms with Gasteiger partial charge in [0.05, 0.1) is 0 Å². The molecule has 2 amide bonds. The number of carbonyl (C=O) groups is 2. The van der Waals surface area contributed by atoms with E-state index in [0.717, 1.165) is 32.1 Å². The van der Waals surface area contributed by atoms with Gasteiger partial charge in [0, 0.05) is 25.0 Å². The second-order valence-corrected chi connectivity index (χ2v) is 6.62. The summed E-state index contributed by atoms with van der Waals surface area (Å²) in [5, 5.41) is 3.05. The molecule has 1 saturated heterocycles. The van der Waals surface area contributed by atoms with Crippen LogP contribution >= 0.6 is 0 Å². The van der Waals surface area contributed by atoms with Gasteiger partial charge in [0.2, 0.25) is 5.91 Å². The molecule has 23 heavy (non-hydrogen) atoms. The predicted molar refractivity (Wildman–Crippen MR) is 87.1 cm³/mol. The highest BCUT2D eigenvalue weighted by molar-refractivity contribution is 5.79. The van der Waals surface area contributed by atoms with Crippen molar-refractivity contribution < 1.29 is 14.3 Å². The maximum atomic E-state index is 12.0. The van der Waals surface area contributed by atoms with E-state index in [0.29, 0.717) is 12.2 Å². The Morgan fingerprint density at radius 2 is 1.96 bits per heavy atom. The summed E-state index contributed by atoms with van der Waals surface area (Å²) >= 11 is 0. The Morgan fingerprint density at radius 1 is 1.26 bits per heavy atom. The van der Waals surface area contributed by atoms with E-state index in [2.05, 4.69) is 5.32 Å². The molecule has 0 unspecified atom stereocenters. The molecule has 1 N–H and O–H groups in total. The highest BCUT2D eigenvalue weighted by atomic mass is 16.5. The molecule has 1 heterocycles. The zero-order chi connectivity index (χ0) is 16.3. The first-order valence-electron chi connectivity index (χ1n) is 8.33. The molecular weight excluding hydrogens is 292 g/mol. The molecule has 1 aliphatic heterocycles. The fourth-order valence-electron chi connectivity index (χ4n) is 3.76. The number of benzene rings is 1.